The van der Waals surface area contributed by atoms with Crippen LogP contribution >= 0.6 is 0 Å². The summed E-state index contributed by atoms with van der Waals surface area (Å²) >= 11 is 0. The molecule has 8 heteroatoms. The van der Waals surface area contributed by atoms with E-state index in [9.17, 15) is 13.2 Å². The topological polar surface area (TPSA) is 105 Å². The maximum absolute atomic E-state index is 12.6. The second-order valence-corrected chi connectivity index (χ2v) is 7.54. The van der Waals surface area contributed by atoms with E-state index in [4.69, 9.17) is 9.84 Å². The van der Waals surface area contributed by atoms with E-state index >= 15 is 0 Å². The lowest BCUT2D eigenvalue weighted by molar-refractivity contribution is 0.0696. The van der Waals surface area contributed by atoms with Crippen molar-refractivity contribution in [2.45, 2.75) is 43.7 Å². The van der Waals surface area contributed by atoms with Gasteiger partial charge in [0.05, 0.1) is 17.4 Å². The van der Waals surface area contributed by atoms with E-state index in [0.717, 1.165) is 12.8 Å². The first kappa shape index (κ1) is 17.7. The molecular formula is C15H22N2O5S. The molecule has 0 spiro atoms. The van der Waals surface area contributed by atoms with E-state index in [1.807, 2.05) is 13.8 Å². The number of ether oxygens (including phenoxy) is 1. The lowest BCUT2D eigenvalue weighted by atomic mass is 10.2. The van der Waals surface area contributed by atoms with Crippen molar-refractivity contribution in [3.8, 4) is 0 Å². The number of carbonyl (C=O) groups is 1. The van der Waals surface area contributed by atoms with Crippen LogP contribution in [-0.2, 0) is 14.8 Å². The number of carboxylic acid groups (broad SMARTS) is 1. The molecule has 1 atom stereocenters. The summed E-state index contributed by atoms with van der Waals surface area (Å²) in [5.41, 5.74) is 0.307. The smallest absolute Gasteiger partial charge is 0.335 e. The molecule has 0 unspecified atom stereocenters. The van der Waals surface area contributed by atoms with Crippen LogP contribution in [0.5, 0.6) is 0 Å². The van der Waals surface area contributed by atoms with Crippen LogP contribution in [0.2, 0.25) is 0 Å². The van der Waals surface area contributed by atoms with Gasteiger partial charge in [0.15, 0.2) is 0 Å². The van der Waals surface area contributed by atoms with Crippen molar-refractivity contribution in [3.63, 3.8) is 0 Å². The summed E-state index contributed by atoms with van der Waals surface area (Å²) in [7, 11) is -3.84. The molecule has 0 aliphatic carbocycles. The third-order valence-corrected chi connectivity index (χ3v) is 4.95. The number of anilines is 1. The highest BCUT2D eigenvalue weighted by Gasteiger charge is 2.24. The van der Waals surface area contributed by atoms with Crippen LogP contribution in [-0.4, -0.2) is 44.8 Å². The van der Waals surface area contributed by atoms with E-state index in [0.29, 0.717) is 12.3 Å². The number of hydrogen-bond acceptors (Lipinski definition) is 5. The van der Waals surface area contributed by atoms with Crippen molar-refractivity contribution in [1.29, 1.82) is 0 Å². The van der Waals surface area contributed by atoms with Crippen LogP contribution < -0.4 is 10.0 Å². The molecule has 1 aromatic rings. The zero-order valence-electron chi connectivity index (χ0n) is 13.2. The van der Waals surface area contributed by atoms with E-state index in [-0.39, 0.29) is 29.1 Å². The molecular weight excluding hydrogens is 320 g/mol. The molecule has 0 amide bonds. The second-order valence-electron chi connectivity index (χ2n) is 5.80. The fourth-order valence-electron chi connectivity index (χ4n) is 2.39. The molecule has 1 heterocycles. The van der Waals surface area contributed by atoms with Crippen molar-refractivity contribution in [1.82, 2.24) is 4.72 Å². The first-order valence-electron chi connectivity index (χ1n) is 7.55. The number of carboxylic acids is 1. The third kappa shape index (κ3) is 4.66. The van der Waals surface area contributed by atoms with E-state index in [1.54, 1.807) is 0 Å². The van der Waals surface area contributed by atoms with Gasteiger partial charge in [-0.05, 0) is 44.9 Å². The Morgan fingerprint density at radius 2 is 2.17 bits per heavy atom. The summed E-state index contributed by atoms with van der Waals surface area (Å²) in [6.07, 6.45) is 1.60. The Morgan fingerprint density at radius 3 is 2.74 bits per heavy atom. The van der Waals surface area contributed by atoms with Gasteiger partial charge in [-0.1, -0.05) is 0 Å². The monoisotopic (exact) mass is 342 g/mol. The van der Waals surface area contributed by atoms with Gasteiger partial charge in [-0.3, -0.25) is 0 Å². The van der Waals surface area contributed by atoms with Crippen molar-refractivity contribution < 1.29 is 23.1 Å². The molecule has 1 aliphatic rings. The van der Waals surface area contributed by atoms with Gasteiger partial charge in [-0.25, -0.2) is 17.9 Å². The van der Waals surface area contributed by atoms with Crippen LogP contribution in [0.15, 0.2) is 23.1 Å². The SMILES string of the molecule is CC(C)Nc1ccc(C(=O)O)cc1S(=O)(=O)NC[C@H]1CCCO1. The molecule has 23 heavy (non-hydrogen) atoms. The van der Waals surface area contributed by atoms with Crippen LogP contribution in [0.25, 0.3) is 0 Å². The summed E-state index contributed by atoms with van der Waals surface area (Å²) in [5.74, 6) is -1.17. The fourth-order valence-corrected chi connectivity index (χ4v) is 3.65. The van der Waals surface area contributed by atoms with Gasteiger partial charge in [-0.15, -0.1) is 0 Å². The summed E-state index contributed by atoms with van der Waals surface area (Å²) in [5, 5.41) is 12.1. The molecule has 3 N–H and O–H groups in total. The number of nitrogens with one attached hydrogen (secondary N) is 2. The summed E-state index contributed by atoms with van der Waals surface area (Å²) in [4.78, 5) is 11.1. The fraction of sp³-hybridized carbons (Fsp3) is 0.533. The Labute approximate surface area is 136 Å². The lowest BCUT2D eigenvalue weighted by Gasteiger charge is -2.17. The molecule has 0 bridgehead atoms. The zero-order valence-corrected chi connectivity index (χ0v) is 14.0. The minimum atomic E-state index is -3.84. The highest BCUT2D eigenvalue weighted by atomic mass is 32.2. The minimum Gasteiger partial charge on any atom is -0.478 e. The average Bonchev–Trinajstić information content (AvgIpc) is 2.98. The van der Waals surface area contributed by atoms with Crippen LogP contribution in [0.4, 0.5) is 5.69 Å². The van der Waals surface area contributed by atoms with Gasteiger partial charge >= 0.3 is 5.97 Å². The summed E-state index contributed by atoms with van der Waals surface area (Å²) < 4.78 is 33.0. The van der Waals surface area contributed by atoms with Gasteiger partial charge in [0.2, 0.25) is 10.0 Å². The molecule has 0 saturated carbocycles. The number of aromatic carboxylic acids is 1. The normalized spacial score (nSPS) is 18.3. The Hall–Kier alpha value is -1.64. The summed E-state index contributed by atoms with van der Waals surface area (Å²) in [6, 6.07) is 4.04. The van der Waals surface area contributed by atoms with Crippen LogP contribution in [0.3, 0.4) is 0 Å². The summed E-state index contributed by atoms with van der Waals surface area (Å²) in [6.45, 7) is 4.57. The largest absolute Gasteiger partial charge is 0.478 e. The number of sulfonamides is 1. The maximum Gasteiger partial charge on any atom is 0.335 e. The Morgan fingerprint density at radius 1 is 1.43 bits per heavy atom. The molecule has 0 radical (unpaired) electrons. The highest BCUT2D eigenvalue weighted by molar-refractivity contribution is 7.89. The van der Waals surface area contributed by atoms with Crippen molar-refractivity contribution in [3.05, 3.63) is 23.8 Å². The molecule has 2 rings (SSSR count). The quantitative estimate of drug-likeness (QED) is 0.696. The molecule has 0 aromatic heterocycles. The lowest BCUT2D eigenvalue weighted by Crippen LogP contribution is -2.32. The second kappa shape index (κ2) is 7.29. The van der Waals surface area contributed by atoms with Gasteiger partial charge in [-0.2, -0.15) is 0 Å². The Balaban J connectivity index is 2.28. The predicted octanol–water partition coefficient (Wildman–Crippen LogP) is 1.66. The van der Waals surface area contributed by atoms with Crippen LogP contribution in [0.1, 0.15) is 37.0 Å². The molecule has 7 nitrogen and oxygen atoms in total. The van der Waals surface area contributed by atoms with Crippen LogP contribution in [0, 0.1) is 0 Å². The van der Waals surface area contributed by atoms with Gasteiger partial charge in [0.1, 0.15) is 4.90 Å². The molecule has 1 fully saturated rings. The van der Waals surface area contributed by atoms with E-state index in [2.05, 4.69) is 10.0 Å². The Kier molecular flexibility index (Phi) is 5.61. The maximum atomic E-state index is 12.6. The minimum absolute atomic E-state index is 0.0118. The zero-order chi connectivity index (χ0) is 17.0. The predicted molar refractivity (Wildman–Crippen MR) is 86.3 cm³/mol. The molecule has 1 aliphatic heterocycles. The highest BCUT2D eigenvalue weighted by Crippen LogP contribution is 2.24. The molecule has 128 valence electrons. The van der Waals surface area contributed by atoms with Crippen molar-refractivity contribution >= 4 is 21.7 Å². The van der Waals surface area contributed by atoms with E-state index in [1.165, 1.54) is 18.2 Å². The van der Waals surface area contributed by atoms with Crippen molar-refractivity contribution in [2.24, 2.45) is 0 Å². The van der Waals surface area contributed by atoms with Crippen molar-refractivity contribution in [2.75, 3.05) is 18.5 Å². The van der Waals surface area contributed by atoms with Gasteiger partial charge < -0.3 is 15.2 Å². The first-order valence-corrected chi connectivity index (χ1v) is 9.03. The number of benzene rings is 1. The van der Waals surface area contributed by atoms with Gasteiger partial charge in [0.25, 0.3) is 0 Å². The Bertz CT molecular complexity index is 666. The standard InChI is InChI=1S/C15H22N2O5S/c1-10(2)17-13-6-5-11(15(18)19)8-14(13)23(20,21)16-9-12-4-3-7-22-12/h5-6,8,10,12,16-17H,3-4,7,9H2,1-2H3,(H,18,19)/t12-/m1/s1. The molecule has 1 aromatic carbocycles. The number of hydrogen-bond donors (Lipinski definition) is 3. The van der Waals surface area contributed by atoms with E-state index < -0.39 is 16.0 Å². The van der Waals surface area contributed by atoms with Gasteiger partial charge in [0, 0.05) is 19.2 Å². The average molecular weight is 342 g/mol. The third-order valence-electron chi connectivity index (χ3n) is 3.49. The first-order chi connectivity index (χ1) is 10.8. The molecule has 1 saturated heterocycles. The number of rotatable bonds is 7.